The van der Waals surface area contributed by atoms with Crippen LogP contribution in [0.4, 0.5) is 0 Å². The smallest absolute Gasteiger partial charge is 0.258 e. The molecule has 0 spiro atoms. The average Bonchev–Trinajstić information content (AvgIpc) is 2.65. The first-order valence-corrected chi connectivity index (χ1v) is 9.46. The summed E-state index contributed by atoms with van der Waals surface area (Å²) in [5, 5.41) is 2.32. The molecule has 0 aliphatic carbocycles. The topological polar surface area (TPSA) is 80.3 Å². The van der Waals surface area contributed by atoms with Gasteiger partial charge in [0.2, 0.25) is 0 Å². The minimum Gasteiger partial charge on any atom is -0.294 e. The highest BCUT2D eigenvalue weighted by molar-refractivity contribution is 6.11. The van der Waals surface area contributed by atoms with E-state index in [9.17, 15) is 19.2 Å². The van der Waals surface area contributed by atoms with Crippen molar-refractivity contribution < 1.29 is 19.2 Å². The van der Waals surface area contributed by atoms with Crippen molar-refractivity contribution in [1.29, 1.82) is 0 Å². The summed E-state index contributed by atoms with van der Waals surface area (Å²) in [6.45, 7) is 11.0. The number of benzene rings is 2. The number of carbonyl (C=O) groups is 4. The highest BCUT2D eigenvalue weighted by atomic mass is 16.2. The summed E-state index contributed by atoms with van der Waals surface area (Å²) in [5.74, 6) is -1.16. The summed E-state index contributed by atoms with van der Waals surface area (Å²) in [4.78, 5) is 49.2. The SMILES string of the molecule is CC(C)(C)C(=O)c1ccc(C(=O)NC(=O)c2ccc(C(=O)C(C)(C)C)cc2)cc1. The largest absolute Gasteiger partial charge is 0.294 e. The van der Waals surface area contributed by atoms with Crippen molar-refractivity contribution in [1.82, 2.24) is 5.32 Å². The van der Waals surface area contributed by atoms with E-state index in [4.69, 9.17) is 0 Å². The second-order valence-corrected chi connectivity index (χ2v) is 9.10. The maximum absolute atomic E-state index is 12.3. The number of hydrogen-bond donors (Lipinski definition) is 1. The van der Waals surface area contributed by atoms with Gasteiger partial charge in [0.05, 0.1) is 0 Å². The van der Waals surface area contributed by atoms with Crippen LogP contribution in [0.15, 0.2) is 48.5 Å². The number of nitrogens with one attached hydrogen (secondary N) is 1. The summed E-state index contributed by atoms with van der Waals surface area (Å²) in [6, 6.07) is 12.4. The molecule has 0 saturated carbocycles. The number of rotatable bonds is 4. The van der Waals surface area contributed by atoms with Gasteiger partial charge < -0.3 is 0 Å². The molecule has 0 atom stereocenters. The van der Waals surface area contributed by atoms with Crippen LogP contribution < -0.4 is 5.32 Å². The first-order valence-electron chi connectivity index (χ1n) is 9.46. The quantitative estimate of drug-likeness (QED) is 0.602. The molecule has 5 heteroatoms. The van der Waals surface area contributed by atoms with Gasteiger partial charge in [0.1, 0.15) is 0 Å². The van der Waals surface area contributed by atoms with E-state index in [-0.39, 0.29) is 22.7 Å². The van der Waals surface area contributed by atoms with Crippen molar-refractivity contribution in [3.63, 3.8) is 0 Å². The molecule has 5 nitrogen and oxygen atoms in total. The van der Waals surface area contributed by atoms with Crippen molar-refractivity contribution in [2.45, 2.75) is 41.5 Å². The van der Waals surface area contributed by atoms with Crippen LogP contribution in [0.3, 0.4) is 0 Å². The molecule has 0 fully saturated rings. The summed E-state index contributed by atoms with van der Waals surface area (Å²) < 4.78 is 0. The van der Waals surface area contributed by atoms with Gasteiger partial charge in [-0.25, -0.2) is 0 Å². The van der Waals surface area contributed by atoms with Crippen LogP contribution in [0.5, 0.6) is 0 Å². The molecule has 152 valence electrons. The predicted octanol–water partition coefficient (Wildman–Crippen LogP) is 4.71. The van der Waals surface area contributed by atoms with Gasteiger partial charge in [-0.3, -0.25) is 24.5 Å². The third kappa shape index (κ3) is 5.47. The van der Waals surface area contributed by atoms with Crippen LogP contribution in [0.2, 0.25) is 0 Å². The summed E-state index contributed by atoms with van der Waals surface area (Å²) in [5.41, 5.74) is 0.561. The molecule has 0 heterocycles. The van der Waals surface area contributed by atoms with Gasteiger partial charge in [0.15, 0.2) is 11.6 Å². The predicted molar refractivity (Wildman–Crippen MR) is 112 cm³/mol. The van der Waals surface area contributed by atoms with E-state index in [2.05, 4.69) is 5.32 Å². The third-order valence-electron chi connectivity index (χ3n) is 4.41. The van der Waals surface area contributed by atoms with Crippen molar-refractivity contribution in [3.8, 4) is 0 Å². The Bertz CT molecular complexity index is 861. The minimum absolute atomic E-state index is 0.0228. The van der Waals surface area contributed by atoms with Crippen molar-refractivity contribution in [3.05, 3.63) is 70.8 Å². The molecule has 0 saturated heterocycles. The molecule has 0 aromatic heterocycles. The fourth-order valence-electron chi connectivity index (χ4n) is 2.66. The average molecular weight is 393 g/mol. The number of Topliss-reactive ketones (excluding diaryl/α,β-unsaturated/α-hetero) is 2. The first-order chi connectivity index (χ1) is 13.3. The number of imide groups is 1. The van der Waals surface area contributed by atoms with Gasteiger partial charge in [-0.15, -0.1) is 0 Å². The van der Waals surface area contributed by atoms with E-state index in [0.29, 0.717) is 11.1 Å². The fourth-order valence-corrected chi connectivity index (χ4v) is 2.66. The molecule has 0 bridgehead atoms. The zero-order chi connectivity index (χ0) is 22.0. The lowest BCUT2D eigenvalue weighted by atomic mass is 9.86. The maximum Gasteiger partial charge on any atom is 0.258 e. The van der Waals surface area contributed by atoms with Gasteiger partial charge in [-0.2, -0.15) is 0 Å². The van der Waals surface area contributed by atoms with Gasteiger partial charge >= 0.3 is 0 Å². The van der Waals surface area contributed by atoms with E-state index in [1.54, 1.807) is 24.3 Å². The maximum atomic E-state index is 12.3. The molecule has 2 aromatic rings. The van der Waals surface area contributed by atoms with Crippen LogP contribution in [0, 0.1) is 10.8 Å². The fraction of sp³-hybridized carbons (Fsp3) is 0.333. The molecule has 2 rings (SSSR count). The zero-order valence-electron chi connectivity index (χ0n) is 17.8. The Morgan fingerprint density at radius 2 is 0.759 bits per heavy atom. The lowest BCUT2D eigenvalue weighted by molar-refractivity contribution is 0.0837. The molecule has 0 radical (unpaired) electrons. The molecule has 0 aliphatic heterocycles. The van der Waals surface area contributed by atoms with Crippen molar-refractivity contribution in [2.75, 3.05) is 0 Å². The van der Waals surface area contributed by atoms with E-state index in [1.165, 1.54) is 24.3 Å². The van der Waals surface area contributed by atoms with E-state index >= 15 is 0 Å². The first kappa shape index (κ1) is 22.2. The van der Waals surface area contributed by atoms with E-state index in [0.717, 1.165) is 0 Å². The van der Waals surface area contributed by atoms with Crippen LogP contribution in [-0.4, -0.2) is 23.4 Å². The lowest BCUT2D eigenvalue weighted by Crippen LogP contribution is -2.30. The van der Waals surface area contributed by atoms with Gasteiger partial charge in [-0.05, 0) is 24.3 Å². The van der Waals surface area contributed by atoms with Crippen LogP contribution in [0.1, 0.15) is 83.0 Å². The Morgan fingerprint density at radius 1 is 0.517 bits per heavy atom. The Kier molecular flexibility index (Phi) is 6.21. The standard InChI is InChI=1S/C24H27NO4/c1-23(2,3)19(26)15-7-11-17(12-8-15)21(28)25-22(29)18-13-9-16(10-14-18)20(27)24(4,5)6/h7-14H,1-6H3,(H,25,28,29). The van der Waals surface area contributed by atoms with Gasteiger partial charge in [0.25, 0.3) is 11.8 Å². The summed E-state index contributed by atoms with van der Waals surface area (Å²) in [7, 11) is 0. The van der Waals surface area contributed by atoms with Gasteiger partial charge in [-0.1, -0.05) is 65.8 Å². The highest BCUT2D eigenvalue weighted by Gasteiger charge is 2.24. The Balaban J connectivity index is 2.08. The molecule has 0 unspecified atom stereocenters. The molecular weight excluding hydrogens is 366 g/mol. The molecule has 2 amide bonds. The zero-order valence-corrected chi connectivity index (χ0v) is 17.8. The van der Waals surface area contributed by atoms with Crippen LogP contribution in [-0.2, 0) is 0 Å². The Hall–Kier alpha value is -3.08. The Morgan fingerprint density at radius 3 is 1.00 bits per heavy atom. The molecule has 29 heavy (non-hydrogen) atoms. The number of carbonyl (C=O) groups excluding carboxylic acids is 4. The molecule has 1 N–H and O–H groups in total. The third-order valence-corrected chi connectivity index (χ3v) is 4.41. The Labute approximate surface area is 171 Å². The minimum atomic E-state index is -0.556. The number of hydrogen-bond acceptors (Lipinski definition) is 4. The second kappa shape index (κ2) is 8.11. The second-order valence-electron chi connectivity index (χ2n) is 9.10. The van der Waals surface area contributed by atoms with Crippen LogP contribution >= 0.6 is 0 Å². The van der Waals surface area contributed by atoms with E-state index in [1.807, 2.05) is 41.5 Å². The number of amides is 2. The normalized spacial score (nSPS) is 11.7. The van der Waals surface area contributed by atoms with Crippen molar-refractivity contribution >= 4 is 23.4 Å². The van der Waals surface area contributed by atoms with Crippen LogP contribution in [0.25, 0.3) is 0 Å². The summed E-state index contributed by atoms with van der Waals surface area (Å²) >= 11 is 0. The summed E-state index contributed by atoms with van der Waals surface area (Å²) in [6.07, 6.45) is 0. The van der Waals surface area contributed by atoms with Crippen molar-refractivity contribution in [2.24, 2.45) is 10.8 Å². The monoisotopic (exact) mass is 393 g/mol. The highest BCUT2D eigenvalue weighted by Crippen LogP contribution is 2.22. The van der Waals surface area contributed by atoms with Gasteiger partial charge in [0, 0.05) is 33.1 Å². The number of ketones is 2. The lowest BCUT2D eigenvalue weighted by Gasteiger charge is -2.16. The molecule has 0 aliphatic rings. The van der Waals surface area contributed by atoms with E-state index < -0.39 is 22.6 Å². The molecule has 2 aromatic carbocycles. The molecular formula is C24H27NO4.